The van der Waals surface area contributed by atoms with E-state index in [-0.39, 0.29) is 5.69 Å². The van der Waals surface area contributed by atoms with E-state index in [9.17, 15) is 9.59 Å². The van der Waals surface area contributed by atoms with Crippen LogP contribution in [0.4, 0.5) is 27.8 Å². The Morgan fingerprint density at radius 3 is 2.79 bits per heavy atom. The van der Waals surface area contributed by atoms with Crippen LogP contribution in [-0.4, -0.2) is 47.5 Å². The zero-order valence-corrected chi connectivity index (χ0v) is 15.9. The summed E-state index contributed by atoms with van der Waals surface area (Å²) in [6, 6.07) is 11.1. The molecule has 4 rings (SSSR count). The molecule has 0 spiro atoms. The zero-order chi connectivity index (χ0) is 20.4. The lowest BCUT2D eigenvalue weighted by molar-refractivity contribution is 0.102. The maximum absolute atomic E-state index is 12.6. The Labute approximate surface area is 166 Å². The molecule has 0 radical (unpaired) electrons. The van der Waals surface area contributed by atoms with Gasteiger partial charge in [0.25, 0.3) is 5.91 Å². The lowest BCUT2D eigenvalue weighted by Crippen LogP contribution is -2.18. The van der Waals surface area contributed by atoms with Crippen molar-refractivity contribution in [1.29, 1.82) is 0 Å². The molecule has 1 aliphatic rings. The van der Waals surface area contributed by atoms with Crippen LogP contribution >= 0.6 is 0 Å². The number of carbonyl (C=O) groups excluding carboxylic acids is 2. The first-order valence-electron chi connectivity index (χ1n) is 8.92. The van der Waals surface area contributed by atoms with Gasteiger partial charge in [0, 0.05) is 30.6 Å². The summed E-state index contributed by atoms with van der Waals surface area (Å²) in [7, 11) is 2.88. The second-order valence-corrected chi connectivity index (χ2v) is 6.30. The minimum absolute atomic E-state index is 0.202. The summed E-state index contributed by atoms with van der Waals surface area (Å²) in [6.45, 7) is 1.47. The molecular formula is C19H20N6O4. The first kappa shape index (κ1) is 18.4. The van der Waals surface area contributed by atoms with Gasteiger partial charge in [-0.3, -0.25) is 10.1 Å². The fourth-order valence-electron chi connectivity index (χ4n) is 3.20. The number of aromatic nitrogens is 3. The second kappa shape index (κ2) is 7.58. The number of amides is 2. The van der Waals surface area contributed by atoms with E-state index in [1.54, 1.807) is 25.4 Å². The van der Waals surface area contributed by atoms with E-state index in [4.69, 9.17) is 4.74 Å². The van der Waals surface area contributed by atoms with Gasteiger partial charge in [0.05, 0.1) is 26.5 Å². The average Bonchev–Trinajstić information content (AvgIpc) is 3.43. The predicted molar refractivity (Wildman–Crippen MR) is 107 cm³/mol. The molecule has 10 heteroatoms. The number of fused-ring (bicyclic) bond motifs is 1. The monoisotopic (exact) mass is 396 g/mol. The molecule has 3 aromatic rings. The highest BCUT2D eigenvalue weighted by atomic mass is 16.5. The highest BCUT2D eigenvalue weighted by Gasteiger charge is 2.24. The van der Waals surface area contributed by atoms with Crippen molar-refractivity contribution < 1.29 is 19.1 Å². The molecule has 3 heterocycles. The van der Waals surface area contributed by atoms with E-state index >= 15 is 0 Å². The van der Waals surface area contributed by atoms with Crippen molar-refractivity contribution in [3.63, 3.8) is 0 Å². The van der Waals surface area contributed by atoms with E-state index in [0.29, 0.717) is 18.1 Å². The topological polar surface area (TPSA) is 114 Å². The number of ether oxygens (including phenoxy) is 2. The number of rotatable bonds is 5. The molecule has 0 unspecified atom stereocenters. The summed E-state index contributed by atoms with van der Waals surface area (Å²) >= 11 is 0. The minimum Gasteiger partial charge on any atom is -0.497 e. The third-order valence-corrected chi connectivity index (χ3v) is 4.57. The molecule has 10 nitrogen and oxygen atoms in total. The van der Waals surface area contributed by atoms with E-state index in [1.807, 2.05) is 28.9 Å². The van der Waals surface area contributed by atoms with Crippen molar-refractivity contribution in [2.75, 3.05) is 36.3 Å². The molecule has 3 N–H and O–H groups in total. The number of nitrogens with one attached hydrogen (secondary N) is 3. The normalized spacial score (nSPS) is 12.4. The fourth-order valence-corrected chi connectivity index (χ4v) is 3.20. The molecule has 0 saturated carbocycles. The Kier molecular flexibility index (Phi) is 4.82. The summed E-state index contributed by atoms with van der Waals surface area (Å²) in [6.07, 6.45) is 0.895. The van der Waals surface area contributed by atoms with Gasteiger partial charge in [-0.1, -0.05) is 6.07 Å². The summed E-state index contributed by atoms with van der Waals surface area (Å²) in [4.78, 5) is 28.9. The SMILES string of the molecule is COC(=O)Nc1cc[nH]c1C(=O)Nc1cc2n(n1)CCN2c1cccc(OC)c1. The summed E-state index contributed by atoms with van der Waals surface area (Å²) < 4.78 is 11.7. The van der Waals surface area contributed by atoms with Crippen LogP contribution in [0.5, 0.6) is 5.75 Å². The molecular weight excluding hydrogens is 376 g/mol. The van der Waals surface area contributed by atoms with Gasteiger partial charge in [0.1, 0.15) is 17.3 Å². The molecule has 0 aliphatic carbocycles. The molecule has 150 valence electrons. The molecule has 0 saturated heterocycles. The van der Waals surface area contributed by atoms with Gasteiger partial charge < -0.3 is 24.7 Å². The molecule has 29 heavy (non-hydrogen) atoms. The number of benzene rings is 1. The van der Waals surface area contributed by atoms with E-state index in [0.717, 1.165) is 23.8 Å². The number of hydrogen-bond acceptors (Lipinski definition) is 6. The Hall–Kier alpha value is -3.95. The van der Waals surface area contributed by atoms with Crippen LogP contribution in [0.1, 0.15) is 10.5 Å². The van der Waals surface area contributed by atoms with E-state index in [1.165, 1.54) is 7.11 Å². The molecule has 0 fully saturated rings. The first-order valence-corrected chi connectivity index (χ1v) is 8.92. The lowest BCUT2D eigenvalue weighted by Gasteiger charge is -2.17. The van der Waals surface area contributed by atoms with Gasteiger partial charge in [-0.15, -0.1) is 0 Å². The van der Waals surface area contributed by atoms with Gasteiger partial charge in [-0.25, -0.2) is 9.48 Å². The highest BCUT2D eigenvalue weighted by Crippen LogP contribution is 2.33. The van der Waals surface area contributed by atoms with Gasteiger partial charge in [0.2, 0.25) is 0 Å². The Morgan fingerprint density at radius 2 is 2.00 bits per heavy atom. The number of carbonyl (C=O) groups is 2. The molecule has 0 atom stereocenters. The maximum atomic E-state index is 12.6. The third-order valence-electron chi connectivity index (χ3n) is 4.57. The van der Waals surface area contributed by atoms with Crippen LogP contribution in [-0.2, 0) is 11.3 Å². The van der Waals surface area contributed by atoms with Gasteiger partial charge in [-0.05, 0) is 18.2 Å². The largest absolute Gasteiger partial charge is 0.497 e. The molecule has 1 aliphatic heterocycles. The molecule has 1 aromatic carbocycles. The Bertz CT molecular complexity index is 1060. The Balaban J connectivity index is 1.52. The number of methoxy groups -OCH3 is 2. The van der Waals surface area contributed by atoms with Gasteiger partial charge >= 0.3 is 6.09 Å². The van der Waals surface area contributed by atoms with Crippen LogP contribution in [0, 0.1) is 0 Å². The quantitative estimate of drug-likeness (QED) is 0.611. The van der Waals surface area contributed by atoms with Crippen molar-refractivity contribution >= 4 is 35.0 Å². The summed E-state index contributed by atoms with van der Waals surface area (Å²) in [5.74, 6) is 1.63. The van der Waals surface area contributed by atoms with Crippen molar-refractivity contribution in [3.05, 3.63) is 48.3 Å². The summed E-state index contributed by atoms with van der Waals surface area (Å²) in [5.41, 5.74) is 1.50. The van der Waals surface area contributed by atoms with Crippen LogP contribution in [0.3, 0.4) is 0 Å². The fraction of sp³-hybridized carbons (Fsp3) is 0.211. The minimum atomic E-state index is -0.659. The van der Waals surface area contributed by atoms with Crippen LogP contribution in [0.15, 0.2) is 42.6 Å². The zero-order valence-electron chi connectivity index (χ0n) is 15.9. The van der Waals surface area contributed by atoms with Gasteiger partial charge in [-0.2, -0.15) is 5.10 Å². The summed E-state index contributed by atoms with van der Waals surface area (Å²) in [5, 5.41) is 9.69. The smallest absolute Gasteiger partial charge is 0.411 e. The number of anilines is 4. The van der Waals surface area contributed by atoms with E-state index in [2.05, 4.69) is 30.4 Å². The maximum Gasteiger partial charge on any atom is 0.411 e. The van der Waals surface area contributed by atoms with Crippen molar-refractivity contribution in [2.45, 2.75) is 6.54 Å². The number of aromatic amines is 1. The van der Waals surface area contributed by atoms with Crippen molar-refractivity contribution in [3.8, 4) is 5.75 Å². The van der Waals surface area contributed by atoms with Crippen LogP contribution in [0.2, 0.25) is 0 Å². The average molecular weight is 396 g/mol. The van der Waals surface area contributed by atoms with Crippen LogP contribution < -0.4 is 20.3 Å². The third kappa shape index (κ3) is 3.59. The number of nitrogens with zero attached hydrogens (tertiary/aromatic N) is 3. The van der Waals surface area contributed by atoms with Crippen molar-refractivity contribution in [1.82, 2.24) is 14.8 Å². The number of hydrogen-bond donors (Lipinski definition) is 3. The Morgan fingerprint density at radius 1 is 1.14 bits per heavy atom. The van der Waals surface area contributed by atoms with E-state index < -0.39 is 12.0 Å². The molecule has 0 bridgehead atoms. The number of H-pyrrole nitrogens is 1. The van der Waals surface area contributed by atoms with Crippen molar-refractivity contribution in [2.24, 2.45) is 0 Å². The lowest BCUT2D eigenvalue weighted by atomic mass is 10.2. The van der Waals surface area contributed by atoms with Crippen LogP contribution in [0.25, 0.3) is 0 Å². The highest BCUT2D eigenvalue weighted by molar-refractivity contribution is 6.08. The molecule has 2 amide bonds. The first-order chi connectivity index (χ1) is 14.1. The standard InChI is InChI=1S/C19H20N6O4/c1-28-13-5-3-4-12(10-13)24-8-9-25-16(24)11-15(23-25)22-18(26)17-14(6-7-20-17)21-19(27)29-2/h3-7,10-11,20H,8-9H2,1-2H3,(H,21,27)(H,22,23,26). The van der Waals surface area contributed by atoms with Gasteiger partial charge in [0.15, 0.2) is 5.82 Å². The molecule has 2 aromatic heterocycles. The second-order valence-electron chi connectivity index (χ2n) is 6.30. The predicted octanol–water partition coefficient (Wildman–Crippen LogP) is 2.80.